The van der Waals surface area contributed by atoms with Crippen LogP contribution >= 0.6 is 23.2 Å². The van der Waals surface area contributed by atoms with E-state index in [9.17, 15) is 4.79 Å². The Balaban J connectivity index is 1.74. The van der Waals surface area contributed by atoms with E-state index < -0.39 is 0 Å². The average molecular weight is 290 g/mol. The number of aromatic amines is 1. The number of carbonyl (C=O) groups excluding carboxylic acids is 1. The van der Waals surface area contributed by atoms with Gasteiger partial charge in [0.15, 0.2) is 0 Å². The third-order valence-corrected chi connectivity index (χ3v) is 3.90. The largest absolute Gasteiger partial charge is 0.351 e. The molecule has 3 N–H and O–H groups in total. The molecule has 1 aliphatic heterocycles. The van der Waals surface area contributed by atoms with Gasteiger partial charge in [-0.15, -0.1) is 0 Å². The van der Waals surface area contributed by atoms with Crippen LogP contribution in [0.4, 0.5) is 0 Å². The standard InChI is InChI=1S/C12H17Cl2N3O/c13-9-6-10(17-11(9)14)12(18)16-5-3-8-2-1-4-15-7-8/h6,8,15,17H,1-5,7H2,(H,16,18)/t8-/m1/s1. The molecule has 4 nitrogen and oxygen atoms in total. The van der Waals surface area contributed by atoms with Gasteiger partial charge in [-0.25, -0.2) is 0 Å². The Kier molecular flexibility index (Phi) is 4.92. The van der Waals surface area contributed by atoms with E-state index in [1.54, 1.807) is 6.07 Å². The van der Waals surface area contributed by atoms with Crippen molar-refractivity contribution < 1.29 is 4.79 Å². The van der Waals surface area contributed by atoms with Crippen LogP contribution in [0, 0.1) is 5.92 Å². The van der Waals surface area contributed by atoms with Gasteiger partial charge in [-0.1, -0.05) is 23.2 Å². The van der Waals surface area contributed by atoms with Gasteiger partial charge in [0.1, 0.15) is 10.8 Å². The summed E-state index contributed by atoms with van der Waals surface area (Å²) in [6, 6.07) is 1.54. The van der Waals surface area contributed by atoms with Crippen LogP contribution in [0.1, 0.15) is 29.8 Å². The van der Waals surface area contributed by atoms with Crippen LogP contribution in [0.25, 0.3) is 0 Å². The number of nitrogens with one attached hydrogen (secondary N) is 3. The number of hydrogen-bond acceptors (Lipinski definition) is 2. The molecular weight excluding hydrogens is 273 g/mol. The number of aromatic nitrogens is 1. The summed E-state index contributed by atoms with van der Waals surface area (Å²) < 4.78 is 0. The number of rotatable bonds is 4. The lowest BCUT2D eigenvalue weighted by molar-refractivity contribution is 0.0946. The molecule has 18 heavy (non-hydrogen) atoms. The van der Waals surface area contributed by atoms with E-state index in [4.69, 9.17) is 23.2 Å². The lowest BCUT2D eigenvalue weighted by Crippen LogP contribution is -2.33. The minimum atomic E-state index is -0.160. The van der Waals surface area contributed by atoms with E-state index in [2.05, 4.69) is 15.6 Å². The van der Waals surface area contributed by atoms with E-state index >= 15 is 0 Å². The maximum absolute atomic E-state index is 11.8. The van der Waals surface area contributed by atoms with Crippen molar-refractivity contribution in [1.29, 1.82) is 0 Å². The van der Waals surface area contributed by atoms with Crippen molar-refractivity contribution in [2.45, 2.75) is 19.3 Å². The molecule has 2 rings (SSSR count). The third kappa shape index (κ3) is 3.64. The molecule has 6 heteroatoms. The minimum Gasteiger partial charge on any atom is -0.351 e. The zero-order valence-electron chi connectivity index (χ0n) is 10.1. The molecule has 1 aromatic rings. The highest BCUT2D eigenvalue weighted by Crippen LogP contribution is 2.21. The second kappa shape index (κ2) is 6.45. The fourth-order valence-electron chi connectivity index (χ4n) is 2.18. The van der Waals surface area contributed by atoms with Gasteiger partial charge in [0.05, 0.1) is 5.02 Å². The molecule has 0 saturated carbocycles. The fourth-order valence-corrected chi connectivity index (χ4v) is 2.49. The van der Waals surface area contributed by atoms with Gasteiger partial charge in [0.25, 0.3) is 5.91 Å². The van der Waals surface area contributed by atoms with Crippen molar-refractivity contribution in [2.24, 2.45) is 5.92 Å². The number of carbonyl (C=O) groups is 1. The molecule has 1 amide bonds. The highest BCUT2D eigenvalue weighted by Gasteiger charge is 2.14. The zero-order chi connectivity index (χ0) is 13.0. The van der Waals surface area contributed by atoms with Crippen LogP contribution in [0.15, 0.2) is 6.07 Å². The molecule has 0 aromatic carbocycles. The normalized spacial score (nSPS) is 19.8. The Hall–Kier alpha value is -0.710. The van der Waals surface area contributed by atoms with Crippen LogP contribution < -0.4 is 10.6 Å². The topological polar surface area (TPSA) is 56.9 Å². The predicted molar refractivity (Wildman–Crippen MR) is 73.4 cm³/mol. The SMILES string of the molecule is O=C(NCC[C@H]1CCCNC1)c1cc(Cl)c(Cl)[nH]1. The zero-order valence-corrected chi connectivity index (χ0v) is 11.6. The van der Waals surface area contributed by atoms with Gasteiger partial charge in [-0.3, -0.25) is 4.79 Å². The fraction of sp³-hybridized carbons (Fsp3) is 0.583. The van der Waals surface area contributed by atoms with Gasteiger partial charge in [-0.05, 0) is 44.3 Å². The summed E-state index contributed by atoms with van der Waals surface area (Å²) in [5.41, 5.74) is 0.409. The maximum atomic E-state index is 11.8. The molecule has 1 aromatic heterocycles. The monoisotopic (exact) mass is 289 g/mol. The van der Waals surface area contributed by atoms with E-state index in [0.29, 0.717) is 28.3 Å². The van der Waals surface area contributed by atoms with E-state index in [1.165, 1.54) is 12.8 Å². The Morgan fingerprint density at radius 2 is 2.33 bits per heavy atom. The molecule has 0 aliphatic carbocycles. The van der Waals surface area contributed by atoms with Gasteiger partial charge in [0.2, 0.25) is 0 Å². The lowest BCUT2D eigenvalue weighted by Gasteiger charge is -2.22. The number of piperidine rings is 1. The van der Waals surface area contributed by atoms with Gasteiger partial charge in [-0.2, -0.15) is 0 Å². The highest BCUT2D eigenvalue weighted by molar-refractivity contribution is 6.41. The van der Waals surface area contributed by atoms with Crippen LogP contribution in [-0.4, -0.2) is 30.5 Å². The second-order valence-electron chi connectivity index (χ2n) is 4.60. The molecule has 1 atom stereocenters. The Morgan fingerprint density at radius 3 is 2.94 bits per heavy atom. The summed E-state index contributed by atoms with van der Waals surface area (Å²) >= 11 is 11.5. The van der Waals surface area contributed by atoms with Gasteiger partial charge < -0.3 is 15.6 Å². The van der Waals surface area contributed by atoms with Crippen LogP contribution in [-0.2, 0) is 0 Å². The number of hydrogen-bond donors (Lipinski definition) is 3. The lowest BCUT2D eigenvalue weighted by atomic mass is 9.96. The van der Waals surface area contributed by atoms with Crippen molar-refractivity contribution in [2.75, 3.05) is 19.6 Å². The predicted octanol–water partition coefficient (Wildman–Crippen LogP) is 2.44. The summed E-state index contributed by atoms with van der Waals surface area (Å²) in [5.74, 6) is 0.502. The molecular formula is C12H17Cl2N3O. The number of amides is 1. The third-order valence-electron chi connectivity index (χ3n) is 3.21. The highest BCUT2D eigenvalue weighted by atomic mass is 35.5. The Morgan fingerprint density at radius 1 is 1.50 bits per heavy atom. The van der Waals surface area contributed by atoms with E-state index in [0.717, 1.165) is 19.5 Å². The molecule has 1 saturated heterocycles. The van der Waals surface area contributed by atoms with Crippen LogP contribution in [0.2, 0.25) is 10.2 Å². The summed E-state index contributed by atoms with van der Waals surface area (Å²) in [4.78, 5) is 14.5. The molecule has 0 spiro atoms. The first-order valence-corrected chi connectivity index (χ1v) is 6.95. The molecule has 0 unspecified atom stereocenters. The van der Waals surface area contributed by atoms with Gasteiger partial charge >= 0.3 is 0 Å². The smallest absolute Gasteiger partial charge is 0.267 e. The van der Waals surface area contributed by atoms with E-state index in [1.807, 2.05) is 0 Å². The molecule has 1 fully saturated rings. The molecule has 100 valence electrons. The van der Waals surface area contributed by atoms with Gasteiger partial charge in [0, 0.05) is 6.54 Å². The molecule has 2 heterocycles. The second-order valence-corrected chi connectivity index (χ2v) is 5.39. The average Bonchev–Trinajstić information content (AvgIpc) is 2.71. The van der Waals surface area contributed by atoms with Crippen molar-refractivity contribution >= 4 is 29.1 Å². The number of H-pyrrole nitrogens is 1. The Labute approximate surface area is 116 Å². The van der Waals surface area contributed by atoms with Crippen molar-refractivity contribution in [1.82, 2.24) is 15.6 Å². The summed E-state index contributed by atoms with van der Waals surface area (Å²) in [5, 5.41) is 6.91. The van der Waals surface area contributed by atoms with Crippen LogP contribution in [0.3, 0.4) is 0 Å². The molecule has 1 aliphatic rings. The first-order valence-electron chi connectivity index (χ1n) is 6.19. The molecule has 0 radical (unpaired) electrons. The quantitative estimate of drug-likeness (QED) is 0.797. The minimum absolute atomic E-state index is 0.160. The van der Waals surface area contributed by atoms with E-state index in [-0.39, 0.29) is 5.91 Å². The van der Waals surface area contributed by atoms with Crippen LogP contribution in [0.5, 0.6) is 0 Å². The van der Waals surface area contributed by atoms with Crippen molar-refractivity contribution in [3.63, 3.8) is 0 Å². The summed E-state index contributed by atoms with van der Waals surface area (Å²) in [6.45, 7) is 2.85. The Bertz CT molecular complexity index is 394. The summed E-state index contributed by atoms with van der Waals surface area (Å²) in [7, 11) is 0. The maximum Gasteiger partial charge on any atom is 0.267 e. The first kappa shape index (κ1) is 13.7. The van der Waals surface area contributed by atoms with Crippen molar-refractivity contribution in [3.05, 3.63) is 21.9 Å². The number of halogens is 2. The summed E-state index contributed by atoms with van der Waals surface area (Å²) in [6.07, 6.45) is 3.46. The first-order chi connectivity index (χ1) is 8.66. The molecule has 0 bridgehead atoms. The van der Waals surface area contributed by atoms with Crippen molar-refractivity contribution in [3.8, 4) is 0 Å².